The first-order valence-corrected chi connectivity index (χ1v) is 11.0. The van der Waals surface area contributed by atoms with E-state index in [1.54, 1.807) is 11.6 Å². The molecule has 0 aliphatic carbocycles. The Hall–Kier alpha value is -2.22. The van der Waals surface area contributed by atoms with Gasteiger partial charge in [0, 0.05) is 36.9 Å². The number of aryl methyl sites for hydroxylation is 1. The van der Waals surface area contributed by atoms with Gasteiger partial charge in [0.25, 0.3) is 10.0 Å². The molecule has 146 valence electrons. The molecule has 2 aromatic heterocycles. The van der Waals surface area contributed by atoms with Crippen LogP contribution in [0.3, 0.4) is 0 Å². The lowest BCUT2D eigenvalue weighted by Gasteiger charge is -2.23. The second-order valence-electron chi connectivity index (χ2n) is 6.97. The molecule has 0 N–H and O–H groups in total. The Morgan fingerprint density at radius 1 is 1.18 bits per heavy atom. The zero-order chi connectivity index (χ0) is 19.7. The van der Waals surface area contributed by atoms with Crippen molar-refractivity contribution in [3.8, 4) is 0 Å². The summed E-state index contributed by atoms with van der Waals surface area (Å²) >= 11 is 6.27. The van der Waals surface area contributed by atoms with Crippen molar-refractivity contribution < 1.29 is 8.42 Å². The normalized spacial score (nSPS) is 17.9. The summed E-state index contributed by atoms with van der Waals surface area (Å²) in [6.45, 7) is 0.472. The predicted octanol–water partition coefficient (Wildman–Crippen LogP) is 3.59. The third kappa shape index (κ3) is 3.70. The van der Waals surface area contributed by atoms with Crippen molar-refractivity contribution in [3.63, 3.8) is 0 Å². The van der Waals surface area contributed by atoms with Gasteiger partial charge >= 0.3 is 0 Å². The molecule has 4 rings (SSSR count). The molecule has 0 spiro atoms. The molecule has 1 unspecified atom stereocenters. The van der Waals surface area contributed by atoms with Crippen molar-refractivity contribution in [3.05, 3.63) is 77.0 Å². The largest absolute Gasteiger partial charge is 0.339 e. The van der Waals surface area contributed by atoms with Crippen LogP contribution in [0.25, 0.3) is 0 Å². The number of pyridine rings is 1. The third-order valence-electron chi connectivity index (χ3n) is 4.96. The zero-order valence-electron chi connectivity index (χ0n) is 15.5. The molecule has 0 saturated carbocycles. The molecule has 3 heterocycles. The molecule has 0 bridgehead atoms. The number of imidazole rings is 1. The molecule has 0 amide bonds. The maximum Gasteiger partial charge on any atom is 0.262 e. The summed E-state index contributed by atoms with van der Waals surface area (Å²) in [4.78, 5) is 8.80. The van der Waals surface area contributed by atoms with Gasteiger partial charge in [0.2, 0.25) is 0 Å². The molecular weight excluding hydrogens is 396 g/mol. The number of halogens is 1. The van der Waals surface area contributed by atoms with Crippen LogP contribution in [0.5, 0.6) is 0 Å². The Morgan fingerprint density at radius 2 is 2.00 bits per heavy atom. The van der Waals surface area contributed by atoms with Gasteiger partial charge in [-0.1, -0.05) is 35.9 Å². The van der Waals surface area contributed by atoms with Crippen LogP contribution < -0.4 is 0 Å². The number of hydrogen-bond acceptors (Lipinski definition) is 4. The van der Waals surface area contributed by atoms with Crippen LogP contribution in [0.4, 0.5) is 0 Å². The number of sulfonamides is 1. The van der Waals surface area contributed by atoms with Crippen LogP contribution in [-0.4, -0.2) is 33.8 Å². The van der Waals surface area contributed by atoms with E-state index in [0.29, 0.717) is 18.0 Å². The van der Waals surface area contributed by atoms with Crippen molar-refractivity contribution in [1.29, 1.82) is 0 Å². The van der Waals surface area contributed by atoms with Gasteiger partial charge in [-0.3, -0.25) is 4.98 Å². The quantitative estimate of drug-likeness (QED) is 0.637. The fourth-order valence-corrected chi connectivity index (χ4v) is 5.43. The van der Waals surface area contributed by atoms with Crippen LogP contribution in [0, 0.1) is 0 Å². The molecule has 1 atom stereocenters. The molecule has 1 aromatic carbocycles. The molecule has 6 nitrogen and oxygen atoms in total. The van der Waals surface area contributed by atoms with E-state index in [1.165, 1.54) is 16.8 Å². The van der Waals surface area contributed by atoms with Crippen molar-refractivity contribution in [2.45, 2.75) is 30.3 Å². The summed E-state index contributed by atoms with van der Waals surface area (Å²) in [5.41, 5.74) is 2.63. The number of nitrogens with zero attached hydrogens (tertiary/aromatic N) is 4. The summed E-state index contributed by atoms with van der Waals surface area (Å²) in [7, 11) is -1.90. The second-order valence-corrected chi connectivity index (χ2v) is 9.22. The first-order chi connectivity index (χ1) is 13.4. The van der Waals surface area contributed by atoms with Gasteiger partial charge in [0.15, 0.2) is 5.03 Å². The summed E-state index contributed by atoms with van der Waals surface area (Å²) in [6.07, 6.45) is 5.18. The average molecular weight is 417 g/mol. The van der Waals surface area contributed by atoms with Gasteiger partial charge in [-0.15, -0.1) is 0 Å². The van der Waals surface area contributed by atoms with E-state index in [9.17, 15) is 8.42 Å². The Bertz CT molecular complexity index is 1100. The Morgan fingerprint density at radius 3 is 2.75 bits per heavy atom. The minimum absolute atomic E-state index is 0.0779. The zero-order valence-corrected chi connectivity index (χ0v) is 17.1. The molecule has 1 fully saturated rings. The van der Waals surface area contributed by atoms with E-state index in [0.717, 1.165) is 29.8 Å². The summed E-state index contributed by atoms with van der Waals surface area (Å²) in [5, 5.41) is 0.782. The molecule has 3 aromatic rings. The third-order valence-corrected chi connectivity index (χ3v) is 7.12. The maximum absolute atomic E-state index is 13.1. The van der Waals surface area contributed by atoms with E-state index < -0.39 is 10.0 Å². The average Bonchev–Trinajstić information content (AvgIpc) is 3.34. The van der Waals surface area contributed by atoms with Crippen LogP contribution in [0.1, 0.15) is 35.8 Å². The van der Waals surface area contributed by atoms with Crippen molar-refractivity contribution >= 4 is 21.6 Å². The lowest BCUT2D eigenvalue weighted by molar-refractivity contribution is 0.388. The van der Waals surface area contributed by atoms with Gasteiger partial charge in [-0.25, -0.2) is 13.4 Å². The van der Waals surface area contributed by atoms with E-state index >= 15 is 0 Å². The number of rotatable bonds is 5. The van der Waals surface area contributed by atoms with Gasteiger partial charge in [-0.05, 0) is 36.6 Å². The summed E-state index contributed by atoms with van der Waals surface area (Å²) in [5.74, 6) is 0. The predicted molar refractivity (Wildman–Crippen MR) is 108 cm³/mol. The topological polar surface area (TPSA) is 68.1 Å². The van der Waals surface area contributed by atoms with E-state index in [1.807, 2.05) is 42.5 Å². The minimum Gasteiger partial charge on any atom is -0.339 e. The first kappa shape index (κ1) is 19.1. The van der Waals surface area contributed by atoms with Crippen molar-refractivity contribution in [2.75, 3.05) is 6.54 Å². The molecular formula is C20H21ClN4O2S. The van der Waals surface area contributed by atoms with Crippen molar-refractivity contribution in [1.82, 2.24) is 18.8 Å². The highest BCUT2D eigenvalue weighted by molar-refractivity contribution is 7.89. The summed E-state index contributed by atoms with van der Waals surface area (Å²) in [6, 6.07) is 13.2. The molecule has 0 radical (unpaired) electrons. The van der Waals surface area contributed by atoms with Crippen LogP contribution in [-0.2, 0) is 23.5 Å². The van der Waals surface area contributed by atoms with E-state index in [4.69, 9.17) is 16.6 Å². The molecule has 8 heteroatoms. The highest BCUT2D eigenvalue weighted by Gasteiger charge is 2.38. The van der Waals surface area contributed by atoms with Crippen LogP contribution in [0.2, 0.25) is 5.02 Å². The standard InChI is InChI=1S/C20H21ClN4O2S/c1-24-13-20(22-14-24)28(26,27)25-11-5-10-19(25)18-9-4-7-16(23-18)12-15-6-2-3-8-17(15)21/h2-4,6-9,13-14,19H,5,10-12H2,1H3. The monoisotopic (exact) mass is 416 g/mol. The van der Waals surface area contributed by atoms with Crippen LogP contribution >= 0.6 is 11.6 Å². The number of hydrogen-bond donors (Lipinski definition) is 0. The Balaban J connectivity index is 1.62. The smallest absolute Gasteiger partial charge is 0.262 e. The van der Waals surface area contributed by atoms with Crippen molar-refractivity contribution in [2.24, 2.45) is 7.05 Å². The van der Waals surface area contributed by atoms with Gasteiger partial charge in [-0.2, -0.15) is 4.31 Å². The van der Waals surface area contributed by atoms with E-state index in [-0.39, 0.29) is 11.1 Å². The minimum atomic E-state index is -3.65. The maximum atomic E-state index is 13.1. The number of benzene rings is 1. The molecule has 28 heavy (non-hydrogen) atoms. The SMILES string of the molecule is Cn1cnc(S(=O)(=O)N2CCCC2c2cccc(Cc3ccccc3Cl)n2)c1. The fourth-order valence-electron chi connectivity index (χ4n) is 3.58. The Labute approximate surface area is 169 Å². The molecule has 1 saturated heterocycles. The van der Waals surface area contributed by atoms with Gasteiger partial charge < -0.3 is 4.57 Å². The van der Waals surface area contributed by atoms with Crippen LogP contribution in [0.15, 0.2) is 60.0 Å². The lowest BCUT2D eigenvalue weighted by Crippen LogP contribution is -2.31. The first-order valence-electron chi connectivity index (χ1n) is 9.14. The summed E-state index contributed by atoms with van der Waals surface area (Å²) < 4.78 is 29.3. The van der Waals surface area contributed by atoms with E-state index in [2.05, 4.69) is 4.98 Å². The number of aromatic nitrogens is 3. The highest BCUT2D eigenvalue weighted by atomic mass is 35.5. The lowest BCUT2D eigenvalue weighted by atomic mass is 10.1. The fraction of sp³-hybridized carbons (Fsp3) is 0.300. The van der Waals surface area contributed by atoms with Gasteiger partial charge in [0.1, 0.15) is 0 Å². The Kier molecular flexibility index (Phi) is 5.23. The highest BCUT2D eigenvalue weighted by Crippen LogP contribution is 2.35. The second kappa shape index (κ2) is 7.66. The molecule has 1 aliphatic rings. The van der Waals surface area contributed by atoms with Gasteiger partial charge in [0.05, 0.1) is 18.1 Å². The molecule has 1 aliphatic heterocycles.